The van der Waals surface area contributed by atoms with E-state index in [0.717, 1.165) is 6.54 Å². The average molecular weight is 140 g/mol. The largest absolute Gasteiger partial charge is 0.330 e. The van der Waals surface area contributed by atoms with Crippen molar-refractivity contribution in [3.8, 4) is 0 Å². The second-order valence-corrected chi connectivity index (χ2v) is 3.83. The summed E-state index contributed by atoms with van der Waals surface area (Å²) in [6.45, 7) is 4.83. The zero-order valence-electron chi connectivity index (χ0n) is 6.47. The van der Waals surface area contributed by atoms with Gasteiger partial charge in [-0.1, -0.05) is 0 Å². The Morgan fingerprint density at radius 3 is 2.30 bits per heavy atom. The molecule has 0 spiro atoms. The minimum Gasteiger partial charge on any atom is -0.330 e. The van der Waals surface area contributed by atoms with E-state index in [1.807, 2.05) is 0 Å². The van der Waals surface area contributed by atoms with Crippen LogP contribution in [0.1, 0.15) is 19.3 Å². The molecule has 58 valence electrons. The first-order valence-corrected chi connectivity index (χ1v) is 4.27. The number of likely N-dealkylation sites (tertiary alicyclic amines) is 1. The van der Waals surface area contributed by atoms with Gasteiger partial charge in [0.15, 0.2) is 0 Å². The lowest BCUT2D eigenvalue weighted by Crippen LogP contribution is -2.42. The van der Waals surface area contributed by atoms with Crippen molar-refractivity contribution in [3.63, 3.8) is 0 Å². The molecule has 0 aromatic carbocycles. The van der Waals surface area contributed by atoms with Gasteiger partial charge in [0.25, 0.3) is 0 Å². The lowest BCUT2D eigenvalue weighted by molar-refractivity contribution is 0.146. The van der Waals surface area contributed by atoms with Crippen molar-refractivity contribution < 1.29 is 0 Å². The van der Waals surface area contributed by atoms with E-state index in [9.17, 15) is 0 Å². The smallest absolute Gasteiger partial charge is 0.00501 e. The molecule has 1 heterocycles. The maximum atomic E-state index is 5.67. The van der Waals surface area contributed by atoms with Crippen LogP contribution in [-0.2, 0) is 0 Å². The molecule has 2 heteroatoms. The first-order valence-electron chi connectivity index (χ1n) is 4.27. The summed E-state index contributed by atoms with van der Waals surface area (Å²) in [4.78, 5) is 2.53. The lowest BCUT2D eigenvalue weighted by atomic mass is 10.0. The van der Waals surface area contributed by atoms with Gasteiger partial charge in [0.2, 0.25) is 0 Å². The second-order valence-electron chi connectivity index (χ2n) is 3.83. The van der Waals surface area contributed by atoms with Crippen LogP contribution in [0.5, 0.6) is 0 Å². The van der Waals surface area contributed by atoms with Gasteiger partial charge in [-0.05, 0) is 44.3 Å². The summed E-state index contributed by atoms with van der Waals surface area (Å²) in [6.07, 6.45) is 4.15. The van der Waals surface area contributed by atoms with Crippen LogP contribution >= 0.6 is 0 Å². The summed E-state index contributed by atoms with van der Waals surface area (Å²) in [5.74, 6) is 0. The number of nitrogens with zero attached hydrogens (tertiary/aromatic N) is 1. The summed E-state index contributed by atoms with van der Waals surface area (Å²) in [7, 11) is 0. The molecule has 2 fully saturated rings. The Morgan fingerprint density at radius 2 is 2.00 bits per heavy atom. The van der Waals surface area contributed by atoms with E-state index in [2.05, 4.69) is 4.90 Å². The molecule has 0 aromatic heterocycles. The van der Waals surface area contributed by atoms with Gasteiger partial charge in [0.05, 0.1) is 0 Å². The Kier molecular flexibility index (Phi) is 1.46. The fraction of sp³-hybridized carbons (Fsp3) is 1.00. The molecule has 1 aliphatic carbocycles. The van der Waals surface area contributed by atoms with Gasteiger partial charge in [0.1, 0.15) is 0 Å². The Bertz CT molecular complexity index is 125. The molecule has 1 saturated carbocycles. The third kappa shape index (κ3) is 1.06. The minimum atomic E-state index is 0.570. The quantitative estimate of drug-likeness (QED) is 0.616. The maximum Gasteiger partial charge on any atom is 0.00501 e. The van der Waals surface area contributed by atoms with Crippen LogP contribution < -0.4 is 5.73 Å². The van der Waals surface area contributed by atoms with Crippen molar-refractivity contribution in [3.05, 3.63) is 0 Å². The number of hydrogen-bond donors (Lipinski definition) is 1. The van der Waals surface area contributed by atoms with Gasteiger partial charge in [0, 0.05) is 6.54 Å². The number of rotatable bonds is 3. The van der Waals surface area contributed by atoms with E-state index in [-0.39, 0.29) is 0 Å². The van der Waals surface area contributed by atoms with Crippen molar-refractivity contribution in [1.29, 1.82) is 0 Å². The fourth-order valence-corrected chi connectivity index (χ4v) is 1.62. The summed E-state index contributed by atoms with van der Waals surface area (Å²) >= 11 is 0. The molecule has 2 N–H and O–H groups in total. The standard InChI is InChI=1S/C8H16N2/c9-6-8(2-3-8)7-10-4-1-5-10/h1-7,9H2. The molecule has 0 amide bonds. The molecule has 2 nitrogen and oxygen atoms in total. The predicted molar refractivity (Wildman–Crippen MR) is 41.8 cm³/mol. The fourth-order valence-electron chi connectivity index (χ4n) is 1.62. The molecule has 10 heavy (non-hydrogen) atoms. The SMILES string of the molecule is NCC1(CN2CCC2)CC1. The minimum absolute atomic E-state index is 0.570. The average Bonchev–Trinajstić information content (AvgIpc) is 2.60. The van der Waals surface area contributed by atoms with E-state index in [0.29, 0.717) is 5.41 Å². The highest BCUT2D eigenvalue weighted by molar-refractivity contribution is 4.97. The molecule has 0 unspecified atom stereocenters. The molecule has 1 aliphatic heterocycles. The zero-order chi connectivity index (χ0) is 7.03. The summed E-state index contributed by atoms with van der Waals surface area (Å²) in [5, 5.41) is 0. The molecule has 2 aliphatic rings. The van der Waals surface area contributed by atoms with Gasteiger partial charge in [-0.25, -0.2) is 0 Å². The van der Waals surface area contributed by atoms with E-state index in [4.69, 9.17) is 5.73 Å². The topological polar surface area (TPSA) is 29.3 Å². The van der Waals surface area contributed by atoms with Gasteiger partial charge in [-0.3, -0.25) is 0 Å². The van der Waals surface area contributed by atoms with Crippen LogP contribution in [0.2, 0.25) is 0 Å². The monoisotopic (exact) mass is 140 g/mol. The van der Waals surface area contributed by atoms with Crippen molar-refractivity contribution in [2.45, 2.75) is 19.3 Å². The normalized spacial score (nSPS) is 29.7. The first kappa shape index (κ1) is 6.62. The first-order chi connectivity index (χ1) is 4.85. The molecule has 1 saturated heterocycles. The van der Waals surface area contributed by atoms with E-state index in [1.54, 1.807) is 0 Å². The van der Waals surface area contributed by atoms with E-state index in [1.165, 1.54) is 38.9 Å². The molecule has 0 bridgehead atoms. The highest BCUT2D eigenvalue weighted by atomic mass is 15.2. The Hall–Kier alpha value is -0.0800. The van der Waals surface area contributed by atoms with Crippen molar-refractivity contribution >= 4 is 0 Å². The van der Waals surface area contributed by atoms with Crippen LogP contribution in [0.4, 0.5) is 0 Å². The van der Waals surface area contributed by atoms with Crippen LogP contribution in [0.3, 0.4) is 0 Å². The van der Waals surface area contributed by atoms with Crippen LogP contribution in [0.25, 0.3) is 0 Å². The second kappa shape index (κ2) is 2.21. The zero-order valence-corrected chi connectivity index (χ0v) is 6.47. The van der Waals surface area contributed by atoms with Crippen molar-refractivity contribution in [2.75, 3.05) is 26.2 Å². The Labute approximate surface area is 62.4 Å². The van der Waals surface area contributed by atoms with E-state index >= 15 is 0 Å². The highest BCUT2D eigenvalue weighted by Crippen LogP contribution is 2.45. The van der Waals surface area contributed by atoms with Crippen molar-refractivity contribution in [2.24, 2.45) is 11.1 Å². The number of hydrogen-bond acceptors (Lipinski definition) is 2. The van der Waals surface area contributed by atoms with E-state index < -0.39 is 0 Å². The van der Waals surface area contributed by atoms with Crippen LogP contribution in [0.15, 0.2) is 0 Å². The van der Waals surface area contributed by atoms with Crippen LogP contribution in [0, 0.1) is 5.41 Å². The Balaban J connectivity index is 1.77. The van der Waals surface area contributed by atoms with Gasteiger partial charge >= 0.3 is 0 Å². The van der Waals surface area contributed by atoms with Gasteiger partial charge in [-0.15, -0.1) is 0 Å². The van der Waals surface area contributed by atoms with Crippen molar-refractivity contribution in [1.82, 2.24) is 4.90 Å². The maximum absolute atomic E-state index is 5.67. The van der Waals surface area contributed by atoms with Gasteiger partial charge < -0.3 is 10.6 Å². The third-order valence-electron chi connectivity index (χ3n) is 2.90. The van der Waals surface area contributed by atoms with Crippen LogP contribution in [-0.4, -0.2) is 31.1 Å². The molecular formula is C8H16N2. The summed E-state index contributed by atoms with van der Waals surface area (Å²) < 4.78 is 0. The highest BCUT2D eigenvalue weighted by Gasteiger charge is 2.43. The molecule has 0 aromatic rings. The lowest BCUT2D eigenvalue weighted by Gasteiger charge is -2.33. The molecule has 2 rings (SSSR count). The molecule has 0 radical (unpaired) electrons. The molecule has 0 atom stereocenters. The number of nitrogens with two attached hydrogens (primary N) is 1. The summed E-state index contributed by atoms with van der Waals surface area (Å²) in [5.41, 5.74) is 6.24. The third-order valence-corrected chi connectivity index (χ3v) is 2.90. The summed E-state index contributed by atoms with van der Waals surface area (Å²) in [6, 6.07) is 0. The Morgan fingerprint density at radius 1 is 1.30 bits per heavy atom. The predicted octanol–water partition coefficient (Wildman–Crippen LogP) is 0.431. The molecular weight excluding hydrogens is 124 g/mol. The van der Waals surface area contributed by atoms with Gasteiger partial charge in [-0.2, -0.15) is 0 Å².